The largest absolute Gasteiger partial charge is 0.353 e. The van der Waals surface area contributed by atoms with Gasteiger partial charge in [0.15, 0.2) is 0 Å². The van der Waals surface area contributed by atoms with Crippen molar-refractivity contribution in [2.45, 2.75) is 63.0 Å². The summed E-state index contributed by atoms with van der Waals surface area (Å²) in [4.78, 5) is 2.73. The van der Waals surface area contributed by atoms with Crippen LogP contribution in [0.1, 0.15) is 62.8 Å². The van der Waals surface area contributed by atoms with Crippen LogP contribution in [0.3, 0.4) is 0 Å². The molecule has 1 saturated carbocycles. The number of rotatable bonds is 1. The summed E-state index contributed by atoms with van der Waals surface area (Å²) in [5.74, 6) is 1.25. The van der Waals surface area contributed by atoms with Crippen molar-refractivity contribution in [2.75, 3.05) is 13.2 Å². The molecule has 2 nitrogen and oxygen atoms in total. The third-order valence-electron chi connectivity index (χ3n) is 6.75. The molecule has 0 N–H and O–H groups in total. The Kier molecular flexibility index (Phi) is 3.29. The van der Waals surface area contributed by atoms with Gasteiger partial charge in [0.25, 0.3) is 0 Å². The molecule has 1 aromatic rings. The number of nitrogens with zero attached hydrogens (tertiary/aromatic N) is 1. The second-order valence-corrected chi connectivity index (χ2v) is 7.76. The molecule has 23 heavy (non-hydrogen) atoms. The van der Waals surface area contributed by atoms with Crippen LogP contribution in [0.4, 0.5) is 0 Å². The van der Waals surface area contributed by atoms with Gasteiger partial charge < -0.3 is 9.64 Å². The van der Waals surface area contributed by atoms with E-state index in [0.717, 1.165) is 13.2 Å². The Morgan fingerprint density at radius 1 is 1.00 bits per heavy atom. The summed E-state index contributed by atoms with van der Waals surface area (Å²) in [7, 11) is 0. The first-order valence-electron chi connectivity index (χ1n) is 9.59. The fourth-order valence-electron chi connectivity index (χ4n) is 5.93. The van der Waals surface area contributed by atoms with E-state index in [-0.39, 0.29) is 5.72 Å². The highest BCUT2D eigenvalue weighted by molar-refractivity contribution is 5.39. The SMILES string of the molecule is c1ccc(C2C3=C(CCCC3)N3CCO[C@@]34CCCCC24)cc1. The predicted octanol–water partition coefficient (Wildman–Crippen LogP) is 4.83. The van der Waals surface area contributed by atoms with E-state index in [0.29, 0.717) is 11.8 Å². The van der Waals surface area contributed by atoms with Crippen molar-refractivity contribution in [1.29, 1.82) is 0 Å². The minimum Gasteiger partial charge on any atom is -0.353 e. The molecular weight excluding hydrogens is 282 g/mol. The lowest BCUT2D eigenvalue weighted by molar-refractivity contribution is -0.150. The molecule has 2 unspecified atom stereocenters. The van der Waals surface area contributed by atoms with Gasteiger partial charge >= 0.3 is 0 Å². The molecule has 3 atom stereocenters. The molecule has 1 saturated heterocycles. The highest BCUT2D eigenvalue weighted by Crippen LogP contribution is 2.58. The monoisotopic (exact) mass is 309 g/mol. The number of allylic oxidation sites excluding steroid dienone is 2. The number of hydrogen-bond donors (Lipinski definition) is 0. The van der Waals surface area contributed by atoms with Gasteiger partial charge in [-0.3, -0.25) is 0 Å². The molecule has 2 aliphatic carbocycles. The highest BCUT2D eigenvalue weighted by Gasteiger charge is 2.57. The smallest absolute Gasteiger partial charge is 0.144 e. The number of benzene rings is 1. The quantitative estimate of drug-likeness (QED) is 0.736. The van der Waals surface area contributed by atoms with E-state index in [9.17, 15) is 0 Å². The Labute approximate surface area is 139 Å². The van der Waals surface area contributed by atoms with Crippen molar-refractivity contribution in [3.63, 3.8) is 0 Å². The first-order valence-corrected chi connectivity index (χ1v) is 9.59. The number of ether oxygens (including phenoxy) is 1. The summed E-state index contributed by atoms with van der Waals surface area (Å²) < 4.78 is 6.54. The van der Waals surface area contributed by atoms with Crippen molar-refractivity contribution in [3.8, 4) is 0 Å². The molecule has 0 radical (unpaired) electrons. The standard InChI is InChI=1S/C21H27NO/c1-2-8-16(9-3-1)20-17-10-4-5-12-19(17)22-14-15-23-21(22)13-7-6-11-18(20)21/h1-3,8-9,18,20H,4-7,10-15H2/t18?,20?,21-/m1/s1. The van der Waals surface area contributed by atoms with Crippen LogP contribution in [0.5, 0.6) is 0 Å². The van der Waals surface area contributed by atoms with E-state index >= 15 is 0 Å². The van der Waals surface area contributed by atoms with Gasteiger partial charge in [-0.15, -0.1) is 0 Å². The van der Waals surface area contributed by atoms with Gasteiger partial charge in [-0.2, -0.15) is 0 Å². The molecule has 1 aromatic carbocycles. The molecule has 4 aliphatic rings. The van der Waals surface area contributed by atoms with E-state index in [2.05, 4.69) is 35.2 Å². The lowest BCUT2D eigenvalue weighted by Crippen LogP contribution is -2.57. The van der Waals surface area contributed by atoms with Gasteiger partial charge in [-0.1, -0.05) is 36.8 Å². The molecule has 0 bridgehead atoms. The van der Waals surface area contributed by atoms with Crippen molar-refractivity contribution in [3.05, 3.63) is 47.2 Å². The third-order valence-corrected chi connectivity index (χ3v) is 6.75. The summed E-state index contributed by atoms with van der Waals surface area (Å²) in [6.45, 7) is 2.05. The molecular formula is C21H27NO. The minimum atomic E-state index is 0.0227. The fraction of sp³-hybridized carbons (Fsp3) is 0.619. The molecule has 2 heteroatoms. The molecule has 122 valence electrons. The molecule has 2 aliphatic heterocycles. The van der Waals surface area contributed by atoms with Crippen molar-refractivity contribution >= 4 is 0 Å². The van der Waals surface area contributed by atoms with Gasteiger partial charge in [0, 0.05) is 24.1 Å². The van der Waals surface area contributed by atoms with Crippen molar-refractivity contribution in [2.24, 2.45) is 5.92 Å². The van der Waals surface area contributed by atoms with E-state index in [1.807, 2.05) is 0 Å². The van der Waals surface area contributed by atoms with E-state index < -0.39 is 0 Å². The maximum atomic E-state index is 6.54. The van der Waals surface area contributed by atoms with Gasteiger partial charge in [-0.05, 0) is 56.1 Å². The van der Waals surface area contributed by atoms with Crippen LogP contribution in [0.15, 0.2) is 41.6 Å². The average molecular weight is 309 g/mol. The Morgan fingerprint density at radius 3 is 2.78 bits per heavy atom. The van der Waals surface area contributed by atoms with E-state index in [4.69, 9.17) is 4.74 Å². The second-order valence-electron chi connectivity index (χ2n) is 7.76. The number of fused-ring (bicyclic) bond motifs is 1. The van der Waals surface area contributed by atoms with Gasteiger partial charge in [0.05, 0.1) is 6.61 Å². The molecule has 1 spiro atoms. The Bertz CT molecular complexity index is 622. The zero-order chi connectivity index (χ0) is 15.3. The maximum Gasteiger partial charge on any atom is 0.144 e. The Hall–Kier alpha value is -1.28. The van der Waals surface area contributed by atoms with Crippen LogP contribution in [0, 0.1) is 5.92 Å². The van der Waals surface area contributed by atoms with Crippen LogP contribution in [0.2, 0.25) is 0 Å². The topological polar surface area (TPSA) is 12.5 Å². The molecule has 0 amide bonds. The summed E-state index contributed by atoms with van der Waals surface area (Å²) >= 11 is 0. The van der Waals surface area contributed by atoms with E-state index in [1.165, 1.54) is 56.9 Å². The molecule has 2 fully saturated rings. The molecule has 5 rings (SSSR count). The summed E-state index contributed by atoms with van der Waals surface area (Å²) in [5, 5.41) is 0. The summed E-state index contributed by atoms with van der Waals surface area (Å²) in [5.41, 5.74) is 4.98. The third kappa shape index (κ3) is 1.97. The first kappa shape index (κ1) is 14.1. The highest BCUT2D eigenvalue weighted by atomic mass is 16.5. The Morgan fingerprint density at radius 2 is 1.87 bits per heavy atom. The van der Waals surface area contributed by atoms with Gasteiger partial charge in [-0.25, -0.2) is 0 Å². The lowest BCUT2D eigenvalue weighted by atomic mass is 9.63. The lowest BCUT2D eigenvalue weighted by Gasteiger charge is -2.56. The van der Waals surface area contributed by atoms with Crippen LogP contribution >= 0.6 is 0 Å². The zero-order valence-electron chi connectivity index (χ0n) is 14.0. The normalized spacial score (nSPS) is 36.4. The zero-order valence-corrected chi connectivity index (χ0v) is 14.0. The average Bonchev–Trinajstić information content (AvgIpc) is 3.04. The van der Waals surface area contributed by atoms with Crippen molar-refractivity contribution in [1.82, 2.24) is 4.90 Å². The van der Waals surface area contributed by atoms with Gasteiger partial charge in [0.1, 0.15) is 5.72 Å². The first-order chi connectivity index (χ1) is 11.4. The molecule has 0 aromatic heterocycles. The van der Waals surface area contributed by atoms with Crippen LogP contribution in [-0.2, 0) is 4.74 Å². The number of hydrogen-bond acceptors (Lipinski definition) is 2. The minimum absolute atomic E-state index is 0.0227. The second kappa shape index (κ2) is 5.37. The fourth-order valence-corrected chi connectivity index (χ4v) is 5.93. The Balaban J connectivity index is 1.69. The van der Waals surface area contributed by atoms with Gasteiger partial charge in [0.2, 0.25) is 0 Å². The van der Waals surface area contributed by atoms with Crippen LogP contribution in [0.25, 0.3) is 0 Å². The summed E-state index contributed by atoms with van der Waals surface area (Å²) in [6, 6.07) is 11.3. The predicted molar refractivity (Wildman–Crippen MR) is 92.0 cm³/mol. The van der Waals surface area contributed by atoms with Crippen molar-refractivity contribution < 1.29 is 4.74 Å². The summed E-state index contributed by atoms with van der Waals surface area (Å²) in [6.07, 6.45) is 10.6. The molecule has 2 heterocycles. The maximum absolute atomic E-state index is 6.54. The van der Waals surface area contributed by atoms with Crippen LogP contribution < -0.4 is 0 Å². The van der Waals surface area contributed by atoms with Crippen LogP contribution in [-0.4, -0.2) is 23.8 Å². The van der Waals surface area contributed by atoms with E-state index in [1.54, 1.807) is 11.3 Å².